The van der Waals surface area contributed by atoms with E-state index in [1.165, 1.54) is 11.8 Å². The van der Waals surface area contributed by atoms with Crippen molar-refractivity contribution in [2.75, 3.05) is 5.75 Å². The van der Waals surface area contributed by atoms with E-state index in [1.807, 2.05) is 19.1 Å². The Labute approximate surface area is 160 Å². The molecule has 4 nitrogen and oxygen atoms in total. The van der Waals surface area contributed by atoms with Gasteiger partial charge in [-0.05, 0) is 41.5 Å². The molecule has 2 aromatic carbocycles. The van der Waals surface area contributed by atoms with E-state index >= 15 is 0 Å². The summed E-state index contributed by atoms with van der Waals surface area (Å²) in [5.74, 6) is 0.0791. The Morgan fingerprint density at radius 1 is 1.23 bits per heavy atom. The molecule has 0 aliphatic carbocycles. The van der Waals surface area contributed by atoms with Crippen LogP contribution in [0.1, 0.15) is 32.3 Å². The number of aromatic nitrogens is 1. The third-order valence-electron chi connectivity index (χ3n) is 4.40. The van der Waals surface area contributed by atoms with E-state index in [0.717, 1.165) is 16.2 Å². The van der Waals surface area contributed by atoms with Crippen LogP contribution < -0.4 is 5.43 Å². The Kier molecular flexibility index (Phi) is 5.30. The molecule has 3 aromatic rings. The third-order valence-corrected chi connectivity index (χ3v) is 5.82. The Morgan fingerprint density at radius 3 is 2.54 bits per heavy atom. The molecule has 1 N–H and O–H groups in total. The molecule has 136 valence electrons. The average Bonchev–Trinajstić information content (AvgIpc) is 2.59. The van der Waals surface area contributed by atoms with Gasteiger partial charge in [0.1, 0.15) is 6.54 Å². The van der Waals surface area contributed by atoms with Crippen molar-refractivity contribution >= 4 is 51.1 Å². The normalized spacial score (nSPS) is 11.6. The maximum absolute atomic E-state index is 13.1. The molecule has 1 heterocycles. The lowest BCUT2D eigenvalue weighted by Gasteiger charge is -2.18. The fraction of sp³-hybridized carbons (Fsp3) is 0.300. The van der Waals surface area contributed by atoms with Crippen molar-refractivity contribution in [3.63, 3.8) is 0 Å². The molecule has 0 saturated carbocycles. The van der Waals surface area contributed by atoms with E-state index in [-0.39, 0.29) is 17.9 Å². The maximum Gasteiger partial charge on any atom is 0.323 e. The molecule has 0 unspecified atom stereocenters. The SMILES string of the molecule is CCSc1c(Cl)ccc2c(=O)c3ccc(C(C)C)cc3n(CC(=O)O)c12. The minimum Gasteiger partial charge on any atom is -0.480 e. The summed E-state index contributed by atoms with van der Waals surface area (Å²) in [6.45, 7) is 5.90. The zero-order valence-corrected chi connectivity index (χ0v) is 16.4. The zero-order chi connectivity index (χ0) is 19.0. The number of aliphatic carboxylic acids is 1. The summed E-state index contributed by atoms with van der Waals surface area (Å²) in [4.78, 5) is 25.4. The Hall–Kier alpha value is -1.98. The largest absolute Gasteiger partial charge is 0.480 e. The van der Waals surface area contributed by atoms with Gasteiger partial charge in [-0.2, -0.15) is 0 Å². The summed E-state index contributed by atoms with van der Waals surface area (Å²) in [7, 11) is 0. The number of carboxylic acid groups (broad SMARTS) is 1. The molecule has 0 bridgehead atoms. The highest BCUT2D eigenvalue weighted by Crippen LogP contribution is 2.35. The molecule has 0 amide bonds. The number of pyridine rings is 1. The van der Waals surface area contributed by atoms with Crippen LogP contribution in [0.25, 0.3) is 21.8 Å². The first-order chi connectivity index (χ1) is 12.3. The summed E-state index contributed by atoms with van der Waals surface area (Å²) in [5.41, 5.74) is 2.20. The monoisotopic (exact) mass is 389 g/mol. The van der Waals surface area contributed by atoms with Crippen LogP contribution in [-0.4, -0.2) is 21.4 Å². The van der Waals surface area contributed by atoms with E-state index < -0.39 is 5.97 Å². The van der Waals surface area contributed by atoms with E-state index in [1.54, 1.807) is 22.8 Å². The van der Waals surface area contributed by atoms with Crippen LogP contribution in [-0.2, 0) is 11.3 Å². The Bertz CT molecular complexity index is 1070. The van der Waals surface area contributed by atoms with Crippen molar-refractivity contribution in [1.82, 2.24) is 4.57 Å². The first-order valence-corrected chi connectivity index (χ1v) is 9.84. The second-order valence-electron chi connectivity index (χ2n) is 6.45. The highest BCUT2D eigenvalue weighted by Gasteiger charge is 2.18. The van der Waals surface area contributed by atoms with Crippen molar-refractivity contribution in [2.24, 2.45) is 0 Å². The van der Waals surface area contributed by atoms with Crippen LogP contribution in [0.4, 0.5) is 0 Å². The van der Waals surface area contributed by atoms with Gasteiger partial charge in [0.2, 0.25) is 0 Å². The van der Waals surface area contributed by atoms with Gasteiger partial charge < -0.3 is 9.67 Å². The van der Waals surface area contributed by atoms with Gasteiger partial charge in [-0.15, -0.1) is 11.8 Å². The van der Waals surface area contributed by atoms with Gasteiger partial charge in [-0.25, -0.2) is 0 Å². The molecule has 3 rings (SSSR count). The summed E-state index contributed by atoms with van der Waals surface area (Å²) >= 11 is 7.91. The number of rotatable bonds is 5. The fourth-order valence-corrected chi connectivity index (χ4v) is 4.34. The molecular formula is C20H20ClNO3S. The molecule has 6 heteroatoms. The molecule has 0 aliphatic heterocycles. The van der Waals surface area contributed by atoms with Crippen molar-refractivity contribution < 1.29 is 9.90 Å². The third kappa shape index (κ3) is 3.21. The van der Waals surface area contributed by atoms with Crippen LogP contribution in [0.2, 0.25) is 5.02 Å². The number of benzene rings is 2. The highest BCUT2D eigenvalue weighted by molar-refractivity contribution is 7.99. The molecule has 26 heavy (non-hydrogen) atoms. The van der Waals surface area contributed by atoms with Gasteiger partial charge in [0.25, 0.3) is 0 Å². The number of carboxylic acids is 1. The van der Waals surface area contributed by atoms with Gasteiger partial charge in [0, 0.05) is 10.8 Å². The maximum atomic E-state index is 13.1. The molecule has 0 aliphatic rings. The first kappa shape index (κ1) is 18.8. The summed E-state index contributed by atoms with van der Waals surface area (Å²) in [6.07, 6.45) is 0. The van der Waals surface area contributed by atoms with Gasteiger partial charge in [-0.3, -0.25) is 9.59 Å². The zero-order valence-electron chi connectivity index (χ0n) is 14.9. The average molecular weight is 390 g/mol. The number of thioether (sulfide) groups is 1. The van der Waals surface area contributed by atoms with Crippen molar-refractivity contribution in [3.8, 4) is 0 Å². The van der Waals surface area contributed by atoms with Crippen LogP contribution in [0.3, 0.4) is 0 Å². The standard InChI is InChI=1S/C20H20ClNO3S/c1-4-26-20-15(21)8-7-14-18(20)22(10-17(23)24)16-9-12(11(2)3)5-6-13(16)19(14)25/h5-9,11H,4,10H2,1-3H3,(H,23,24). The van der Waals surface area contributed by atoms with E-state index in [4.69, 9.17) is 11.6 Å². The van der Waals surface area contributed by atoms with Crippen molar-refractivity contribution in [1.29, 1.82) is 0 Å². The molecule has 0 saturated heterocycles. The predicted octanol–water partition coefficient (Wildman–Crippen LogP) is 5.13. The number of carbonyl (C=O) groups is 1. The van der Waals surface area contributed by atoms with Gasteiger partial charge in [0.05, 0.1) is 21.0 Å². The lowest BCUT2D eigenvalue weighted by atomic mass is 10.00. The molecule has 0 fully saturated rings. The van der Waals surface area contributed by atoms with Gasteiger partial charge in [0.15, 0.2) is 5.43 Å². The van der Waals surface area contributed by atoms with E-state index in [9.17, 15) is 14.7 Å². The van der Waals surface area contributed by atoms with Crippen molar-refractivity contribution in [3.05, 3.63) is 51.1 Å². The number of nitrogens with zero attached hydrogens (tertiary/aromatic N) is 1. The Morgan fingerprint density at radius 2 is 1.92 bits per heavy atom. The number of hydrogen-bond acceptors (Lipinski definition) is 3. The lowest BCUT2D eigenvalue weighted by molar-refractivity contribution is -0.137. The van der Waals surface area contributed by atoms with E-state index in [0.29, 0.717) is 26.8 Å². The fourth-order valence-electron chi connectivity index (χ4n) is 3.17. The van der Waals surface area contributed by atoms with Crippen LogP contribution >= 0.6 is 23.4 Å². The summed E-state index contributed by atoms with van der Waals surface area (Å²) in [5, 5.41) is 11.0. The second-order valence-corrected chi connectivity index (χ2v) is 8.13. The minimum atomic E-state index is -0.960. The molecule has 0 atom stereocenters. The number of hydrogen-bond donors (Lipinski definition) is 1. The van der Waals surface area contributed by atoms with Gasteiger partial charge >= 0.3 is 5.97 Å². The van der Waals surface area contributed by atoms with E-state index in [2.05, 4.69) is 13.8 Å². The predicted molar refractivity (Wildman–Crippen MR) is 109 cm³/mol. The minimum absolute atomic E-state index is 0.0958. The van der Waals surface area contributed by atoms with Gasteiger partial charge in [-0.1, -0.05) is 38.4 Å². The summed E-state index contributed by atoms with van der Waals surface area (Å²) in [6, 6.07) is 9.05. The molecule has 0 radical (unpaired) electrons. The highest BCUT2D eigenvalue weighted by atomic mass is 35.5. The van der Waals surface area contributed by atoms with Crippen molar-refractivity contribution in [2.45, 2.75) is 38.1 Å². The molecule has 0 spiro atoms. The quantitative estimate of drug-likeness (QED) is 0.485. The second kappa shape index (κ2) is 7.33. The number of halogens is 1. The first-order valence-electron chi connectivity index (χ1n) is 8.48. The molecule has 1 aromatic heterocycles. The summed E-state index contributed by atoms with van der Waals surface area (Å²) < 4.78 is 1.71. The molecular weight excluding hydrogens is 370 g/mol. The Balaban J connectivity index is 2.56. The number of fused-ring (bicyclic) bond motifs is 2. The smallest absolute Gasteiger partial charge is 0.323 e. The van der Waals surface area contributed by atoms with Crippen LogP contribution in [0.5, 0.6) is 0 Å². The van der Waals surface area contributed by atoms with Crippen LogP contribution in [0.15, 0.2) is 40.0 Å². The topological polar surface area (TPSA) is 59.3 Å². The van der Waals surface area contributed by atoms with Crippen LogP contribution in [0, 0.1) is 0 Å². The lowest BCUT2D eigenvalue weighted by Crippen LogP contribution is -2.17.